The number of rotatable bonds is 5. The fourth-order valence-corrected chi connectivity index (χ4v) is 3.18. The molecular formula is C16H19N3OS. The summed E-state index contributed by atoms with van der Waals surface area (Å²) in [5, 5.41) is 4.18. The summed E-state index contributed by atoms with van der Waals surface area (Å²) in [6.07, 6.45) is 2.40. The van der Waals surface area contributed by atoms with Crippen LogP contribution in [0.15, 0.2) is 34.2 Å². The molecule has 5 heteroatoms. The monoisotopic (exact) mass is 301 g/mol. The quantitative estimate of drug-likeness (QED) is 0.850. The lowest BCUT2D eigenvalue weighted by Gasteiger charge is -2.13. The third-order valence-corrected chi connectivity index (χ3v) is 4.72. The number of benzene rings is 1. The van der Waals surface area contributed by atoms with Crippen LogP contribution in [0.5, 0.6) is 5.75 Å². The molecule has 0 aliphatic heterocycles. The first-order chi connectivity index (χ1) is 10.2. The van der Waals surface area contributed by atoms with Crippen LogP contribution < -0.4 is 10.1 Å². The Balaban J connectivity index is 1.99. The molecule has 1 aliphatic rings. The van der Waals surface area contributed by atoms with Crippen molar-refractivity contribution in [2.75, 3.05) is 19.5 Å². The summed E-state index contributed by atoms with van der Waals surface area (Å²) in [6, 6.07) is 8.02. The Morgan fingerprint density at radius 3 is 2.67 bits per heavy atom. The number of hydrogen-bond donors (Lipinski definition) is 1. The fourth-order valence-electron chi connectivity index (χ4n) is 2.19. The minimum absolute atomic E-state index is 0.537. The summed E-state index contributed by atoms with van der Waals surface area (Å²) in [5.41, 5.74) is 1.08. The molecule has 110 valence electrons. The zero-order chi connectivity index (χ0) is 14.8. The number of methoxy groups -OCH3 is 1. The summed E-state index contributed by atoms with van der Waals surface area (Å²) in [7, 11) is 3.60. The highest BCUT2D eigenvalue weighted by Crippen LogP contribution is 2.42. The van der Waals surface area contributed by atoms with E-state index in [1.807, 2.05) is 25.2 Å². The van der Waals surface area contributed by atoms with Gasteiger partial charge in [0.2, 0.25) is 0 Å². The Morgan fingerprint density at radius 2 is 2.00 bits per heavy atom. The lowest BCUT2D eigenvalue weighted by Crippen LogP contribution is -2.04. The zero-order valence-corrected chi connectivity index (χ0v) is 13.3. The summed E-state index contributed by atoms with van der Waals surface area (Å²) in [5.74, 6) is 3.29. The maximum atomic E-state index is 5.42. The van der Waals surface area contributed by atoms with Gasteiger partial charge in [-0.05, 0) is 31.9 Å². The van der Waals surface area contributed by atoms with Crippen molar-refractivity contribution in [1.82, 2.24) is 9.97 Å². The van der Waals surface area contributed by atoms with E-state index in [0.717, 1.165) is 32.9 Å². The van der Waals surface area contributed by atoms with Gasteiger partial charge >= 0.3 is 0 Å². The van der Waals surface area contributed by atoms with Crippen molar-refractivity contribution < 1.29 is 4.74 Å². The normalized spacial score (nSPS) is 14.0. The number of ether oxygens (including phenoxy) is 1. The first-order valence-electron chi connectivity index (χ1n) is 7.10. The lowest BCUT2D eigenvalue weighted by atomic mass is 10.3. The van der Waals surface area contributed by atoms with E-state index in [9.17, 15) is 0 Å². The number of anilines is 1. The average Bonchev–Trinajstić information content (AvgIpc) is 3.34. The first kappa shape index (κ1) is 14.2. The molecule has 0 atom stereocenters. The molecule has 0 saturated heterocycles. The van der Waals surface area contributed by atoms with Crippen LogP contribution in [-0.4, -0.2) is 24.1 Å². The van der Waals surface area contributed by atoms with E-state index >= 15 is 0 Å². The van der Waals surface area contributed by atoms with Crippen molar-refractivity contribution in [3.05, 3.63) is 35.7 Å². The second-order valence-corrected chi connectivity index (χ2v) is 6.17. The van der Waals surface area contributed by atoms with Gasteiger partial charge in [-0.25, -0.2) is 9.97 Å². The van der Waals surface area contributed by atoms with Crippen molar-refractivity contribution in [2.24, 2.45) is 0 Å². The largest absolute Gasteiger partial charge is 0.496 e. The van der Waals surface area contributed by atoms with Crippen molar-refractivity contribution in [2.45, 2.75) is 35.6 Å². The van der Waals surface area contributed by atoms with Crippen LogP contribution in [0.4, 0.5) is 5.82 Å². The van der Waals surface area contributed by atoms with Crippen LogP contribution in [0.3, 0.4) is 0 Å². The van der Waals surface area contributed by atoms with Crippen LogP contribution in [0, 0.1) is 6.92 Å². The lowest BCUT2D eigenvalue weighted by molar-refractivity contribution is 0.405. The van der Waals surface area contributed by atoms with E-state index in [1.165, 1.54) is 12.8 Å². The first-order valence-corrected chi connectivity index (χ1v) is 7.91. The van der Waals surface area contributed by atoms with Gasteiger partial charge < -0.3 is 10.1 Å². The van der Waals surface area contributed by atoms with Gasteiger partial charge in [-0.1, -0.05) is 23.9 Å². The summed E-state index contributed by atoms with van der Waals surface area (Å²) in [6.45, 7) is 2.06. The van der Waals surface area contributed by atoms with Gasteiger partial charge in [-0.2, -0.15) is 0 Å². The van der Waals surface area contributed by atoms with Gasteiger partial charge in [-0.3, -0.25) is 0 Å². The van der Waals surface area contributed by atoms with Gasteiger partial charge in [0, 0.05) is 18.5 Å². The predicted octanol–water partition coefficient (Wildman–Crippen LogP) is 3.86. The molecule has 1 saturated carbocycles. The van der Waals surface area contributed by atoms with Gasteiger partial charge in [-0.15, -0.1) is 0 Å². The van der Waals surface area contributed by atoms with E-state index in [4.69, 9.17) is 9.72 Å². The van der Waals surface area contributed by atoms with E-state index < -0.39 is 0 Å². The Labute approximate surface area is 129 Å². The van der Waals surface area contributed by atoms with Crippen molar-refractivity contribution in [3.8, 4) is 5.75 Å². The SMILES string of the molecule is CNc1nc(C2CC2)nc(Sc2ccccc2OC)c1C. The Kier molecular flexibility index (Phi) is 4.01. The second kappa shape index (κ2) is 5.93. The Bertz CT molecular complexity index is 656. The average molecular weight is 301 g/mol. The molecule has 1 fully saturated rings. The van der Waals surface area contributed by atoms with Crippen molar-refractivity contribution in [3.63, 3.8) is 0 Å². The van der Waals surface area contributed by atoms with Gasteiger partial charge in [0.25, 0.3) is 0 Å². The number of para-hydroxylation sites is 1. The number of aromatic nitrogens is 2. The number of nitrogens with one attached hydrogen (secondary N) is 1. The van der Waals surface area contributed by atoms with Crippen molar-refractivity contribution in [1.29, 1.82) is 0 Å². The summed E-state index contributed by atoms with van der Waals surface area (Å²) >= 11 is 1.64. The zero-order valence-electron chi connectivity index (χ0n) is 12.5. The third-order valence-electron chi connectivity index (χ3n) is 3.57. The highest BCUT2D eigenvalue weighted by molar-refractivity contribution is 7.99. The van der Waals surface area contributed by atoms with Gasteiger partial charge in [0.05, 0.1) is 12.0 Å². The van der Waals surface area contributed by atoms with Crippen LogP contribution in [0.1, 0.15) is 30.1 Å². The van der Waals surface area contributed by atoms with E-state index in [1.54, 1.807) is 18.9 Å². The van der Waals surface area contributed by atoms with E-state index in [-0.39, 0.29) is 0 Å². The van der Waals surface area contributed by atoms with E-state index in [0.29, 0.717) is 5.92 Å². The fraction of sp³-hybridized carbons (Fsp3) is 0.375. The standard InChI is InChI=1S/C16H19N3OS/c1-10-14(17-2)18-15(11-8-9-11)19-16(10)21-13-7-5-4-6-12(13)20-3/h4-7,11H,8-9H2,1-3H3,(H,17,18,19). The third kappa shape index (κ3) is 2.97. The molecule has 1 aromatic heterocycles. The molecule has 1 heterocycles. The van der Waals surface area contributed by atoms with Crippen LogP contribution in [0.25, 0.3) is 0 Å². The summed E-state index contributed by atoms with van der Waals surface area (Å²) in [4.78, 5) is 10.5. The smallest absolute Gasteiger partial charge is 0.135 e. The molecular weight excluding hydrogens is 282 g/mol. The minimum atomic E-state index is 0.537. The van der Waals surface area contributed by atoms with Crippen LogP contribution in [0.2, 0.25) is 0 Å². The van der Waals surface area contributed by atoms with E-state index in [2.05, 4.69) is 23.3 Å². The topological polar surface area (TPSA) is 47.0 Å². The van der Waals surface area contributed by atoms with Gasteiger partial charge in [0.15, 0.2) is 0 Å². The van der Waals surface area contributed by atoms with Crippen LogP contribution in [-0.2, 0) is 0 Å². The molecule has 0 amide bonds. The number of nitrogens with zero attached hydrogens (tertiary/aromatic N) is 2. The molecule has 0 spiro atoms. The maximum absolute atomic E-state index is 5.42. The molecule has 0 unspecified atom stereocenters. The van der Waals surface area contributed by atoms with Crippen LogP contribution >= 0.6 is 11.8 Å². The molecule has 1 N–H and O–H groups in total. The molecule has 21 heavy (non-hydrogen) atoms. The Morgan fingerprint density at radius 1 is 1.24 bits per heavy atom. The molecule has 1 aliphatic carbocycles. The maximum Gasteiger partial charge on any atom is 0.135 e. The minimum Gasteiger partial charge on any atom is -0.496 e. The molecule has 3 rings (SSSR count). The predicted molar refractivity (Wildman–Crippen MR) is 85.4 cm³/mol. The highest BCUT2D eigenvalue weighted by atomic mass is 32.2. The molecule has 1 aromatic carbocycles. The van der Waals surface area contributed by atoms with Crippen molar-refractivity contribution >= 4 is 17.6 Å². The molecule has 0 radical (unpaired) electrons. The summed E-state index contributed by atoms with van der Waals surface area (Å²) < 4.78 is 5.42. The van der Waals surface area contributed by atoms with Gasteiger partial charge in [0.1, 0.15) is 22.4 Å². The molecule has 2 aromatic rings. The highest BCUT2D eigenvalue weighted by Gasteiger charge is 2.28. The molecule has 4 nitrogen and oxygen atoms in total. The second-order valence-electron chi connectivity index (χ2n) is 5.14. The molecule has 0 bridgehead atoms. The Hall–Kier alpha value is -1.75. The number of hydrogen-bond acceptors (Lipinski definition) is 5.